The van der Waals surface area contributed by atoms with Crippen LogP contribution in [0.25, 0.3) is 0 Å². The zero-order chi connectivity index (χ0) is 16.6. The second-order valence-electron chi connectivity index (χ2n) is 7.37. The molecule has 1 N–H and O–H groups in total. The third kappa shape index (κ3) is 3.22. The van der Waals surface area contributed by atoms with Crippen LogP contribution in [-0.4, -0.2) is 46.2 Å². The van der Waals surface area contributed by atoms with Crippen molar-refractivity contribution in [1.29, 1.82) is 0 Å². The second kappa shape index (κ2) is 6.37. The number of nitrogens with one attached hydrogen (secondary N) is 1. The number of ether oxygens (including phenoxy) is 1. The lowest BCUT2D eigenvalue weighted by atomic mass is 9.90. The topological polar surface area (TPSA) is 77.5 Å². The van der Waals surface area contributed by atoms with Crippen molar-refractivity contribution in [2.75, 3.05) is 26.2 Å². The van der Waals surface area contributed by atoms with Crippen LogP contribution in [0.5, 0.6) is 5.88 Å². The van der Waals surface area contributed by atoms with Gasteiger partial charge in [0.2, 0.25) is 4.90 Å². The summed E-state index contributed by atoms with van der Waals surface area (Å²) in [6.07, 6.45) is 8.70. The molecule has 0 aromatic carbocycles. The fourth-order valence-electron chi connectivity index (χ4n) is 4.18. The quantitative estimate of drug-likeness (QED) is 0.825. The maximum atomic E-state index is 12.4. The Balaban J connectivity index is 1.46. The molecule has 3 heterocycles. The van der Waals surface area contributed by atoms with E-state index in [0.717, 1.165) is 31.8 Å². The van der Waals surface area contributed by atoms with Gasteiger partial charge in [-0.2, -0.15) is 0 Å². The van der Waals surface area contributed by atoms with Crippen LogP contribution in [-0.2, 0) is 14.6 Å². The Morgan fingerprint density at radius 1 is 1.38 bits per heavy atom. The standard InChI is InChI=1S/C17H25N3O3S/c21-24(22)15-6-3-9-18-16(15)23-17(13-19-24)7-10-20(11-8-17)12-14-4-1-2-5-14/h3,6,9,14H,1-2,4-5,7-8,10-13H2,(H-,19,21,22). The summed E-state index contributed by atoms with van der Waals surface area (Å²) >= 11 is 0. The molecule has 0 radical (unpaired) electrons. The van der Waals surface area contributed by atoms with Gasteiger partial charge in [0.15, 0.2) is 10.4 Å². The van der Waals surface area contributed by atoms with Gasteiger partial charge in [-0.25, -0.2) is 4.98 Å². The molecular formula is C17H25N3O3S. The number of sulfonamides is 1. The number of piperidine rings is 1. The first-order valence-corrected chi connectivity index (χ1v) is 10.4. The highest BCUT2D eigenvalue weighted by molar-refractivity contribution is 7.95. The first-order chi connectivity index (χ1) is 11.6. The lowest BCUT2D eigenvalue weighted by Gasteiger charge is -2.40. The fraction of sp³-hybridized carbons (Fsp3) is 0.706. The minimum Gasteiger partial charge on any atom is -0.593 e. The van der Waals surface area contributed by atoms with E-state index < -0.39 is 16.0 Å². The smallest absolute Gasteiger partial charge is 0.272 e. The molecule has 1 spiro atoms. The number of likely N-dealkylation sites (tertiary alicyclic amines) is 1. The minimum absolute atomic E-state index is 0.148. The maximum absolute atomic E-state index is 12.4. The average molecular weight is 351 g/mol. The third-order valence-electron chi connectivity index (χ3n) is 5.68. The number of aromatic nitrogens is 1. The summed E-state index contributed by atoms with van der Waals surface area (Å²) in [5.41, 5.74) is -0.473. The van der Waals surface area contributed by atoms with Crippen molar-refractivity contribution in [2.24, 2.45) is 5.92 Å². The van der Waals surface area contributed by atoms with E-state index in [4.69, 9.17) is 4.74 Å². The average Bonchev–Trinajstić information content (AvgIpc) is 3.05. The first-order valence-electron chi connectivity index (χ1n) is 8.92. The van der Waals surface area contributed by atoms with Gasteiger partial charge in [0.1, 0.15) is 5.60 Å². The van der Waals surface area contributed by atoms with Gasteiger partial charge >= 0.3 is 0 Å². The molecule has 0 amide bonds. The van der Waals surface area contributed by atoms with Crippen LogP contribution in [0.2, 0.25) is 0 Å². The van der Waals surface area contributed by atoms with E-state index >= 15 is 0 Å². The van der Waals surface area contributed by atoms with Crippen molar-refractivity contribution < 1.29 is 13.5 Å². The predicted molar refractivity (Wildman–Crippen MR) is 90.3 cm³/mol. The molecule has 0 bridgehead atoms. The van der Waals surface area contributed by atoms with Gasteiger partial charge in [-0.15, -0.1) is 4.72 Å². The number of hydrogen-bond donors (Lipinski definition) is 1. The molecule has 1 aliphatic carbocycles. The van der Waals surface area contributed by atoms with E-state index in [-0.39, 0.29) is 10.8 Å². The van der Waals surface area contributed by atoms with Gasteiger partial charge in [-0.1, -0.05) is 17.1 Å². The zero-order valence-electron chi connectivity index (χ0n) is 13.9. The number of hydrogen-bond acceptors (Lipinski definition) is 5. The molecule has 132 valence electrons. The van der Waals surface area contributed by atoms with Crippen molar-refractivity contribution in [2.45, 2.75) is 49.0 Å². The molecule has 24 heavy (non-hydrogen) atoms. The maximum Gasteiger partial charge on any atom is 0.272 e. The minimum atomic E-state index is -3.54. The molecule has 7 heteroatoms. The van der Waals surface area contributed by atoms with Crippen LogP contribution in [0.15, 0.2) is 23.2 Å². The molecule has 6 nitrogen and oxygen atoms in total. The summed E-state index contributed by atoms with van der Waals surface area (Å²) in [6, 6.07) is 3.18. The van der Waals surface area contributed by atoms with Crippen molar-refractivity contribution in [1.82, 2.24) is 14.6 Å². The van der Waals surface area contributed by atoms with E-state index in [9.17, 15) is 8.76 Å². The summed E-state index contributed by atoms with van der Waals surface area (Å²) in [5, 5.41) is 0. The summed E-state index contributed by atoms with van der Waals surface area (Å²) in [4.78, 5) is 6.84. The molecular weight excluding hydrogens is 326 g/mol. The molecule has 1 aromatic rings. The molecule has 1 saturated carbocycles. The van der Waals surface area contributed by atoms with E-state index in [1.807, 2.05) is 0 Å². The number of nitrogens with zero attached hydrogens (tertiary/aromatic N) is 2. The Kier molecular flexibility index (Phi) is 4.36. The summed E-state index contributed by atoms with van der Waals surface area (Å²) in [6.45, 7) is 3.42. The highest BCUT2D eigenvalue weighted by atomic mass is 32.3. The molecule has 3 aliphatic rings. The Morgan fingerprint density at radius 2 is 2.12 bits per heavy atom. The molecule has 4 rings (SSSR count). The Morgan fingerprint density at radius 3 is 2.88 bits per heavy atom. The zero-order valence-corrected chi connectivity index (χ0v) is 14.7. The van der Waals surface area contributed by atoms with Crippen LogP contribution in [0.4, 0.5) is 0 Å². The van der Waals surface area contributed by atoms with Gasteiger partial charge in [0, 0.05) is 44.7 Å². The van der Waals surface area contributed by atoms with Crippen LogP contribution in [0, 0.1) is 5.92 Å². The summed E-state index contributed by atoms with van der Waals surface area (Å²) in [7, 11) is -3.54. The lowest BCUT2D eigenvalue weighted by Crippen LogP contribution is -2.54. The summed E-state index contributed by atoms with van der Waals surface area (Å²) in [5.74, 6) is 1.08. The lowest BCUT2D eigenvalue weighted by molar-refractivity contribution is -0.00110. The number of pyridine rings is 1. The molecule has 1 aromatic heterocycles. The Labute approximate surface area is 144 Å². The SMILES string of the molecule is O=[S+]1([O-])NCC2(CCN(CC3CCCC3)CC2)Oc2ncccc21. The van der Waals surface area contributed by atoms with E-state index in [1.54, 1.807) is 18.3 Å². The van der Waals surface area contributed by atoms with Crippen molar-refractivity contribution in [3.8, 4) is 5.88 Å². The van der Waals surface area contributed by atoms with Crippen LogP contribution < -0.4 is 9.46 Å². The third-order valence-corrected chi connectivity index (χ3v) is 7.10. The van der Waals surface area contributed by atoms with Gasteiger partial charge in [-0.3, -0.25) is 0 Å². The predicted octanol–water partition coefficient (Wildman–Crippen LogP) is 1.99. The van der Waals surface area contributed by atoms with Gasteiger partial charge in [0.25, 0.3) is 5.88 Å². The van der Waals surface area contributed by atoms with Gasteiger partial charge in [0.05, 0.1) is 6.54 Å². The van der Waals surface area contributed by atoms with Crippen LogP contribution in [0.1, 0.15) is 38.5 Å². The molecule has 1 atom stereocenters. The largest absolute Gasteiger partial charge is 0.593 e. The molecule has 1 unspecified atom stereocenters. The Hall–Kier alpha value is -1.02. The van der Waals surface area contributed by atoms with Crippen LogP contribution in [0.3, 0.4) is 0 Å². The van der Waals surface area contributed by atoms with E-state index in [2.05, 4.69) is 14.6 Å². The molecule has 2 aliphatic heterocycles. The number of fused-ring (bicyclic) bond motifs is 1. The van der Waals surface area contributed by atoms with E-state index in [0.29, 0.717) is 6.54 Å². The van der Waals surface area contributed by atoms with E-state index in [1.165, 1.54) is 32.2 Å². The summed E-state index contributed by atoms with van der Waals surface area (Å²) < 4.78 is 33.6. The first kappa shape index (κ1) is 16.4. The van der Waals surface area contributed by atoms with Crippen LogP contribution >= 0.6 is 0 Å². The highest BCUT2D eigenvalue weighted by Crippen LogP contribution is 2.36. The second-order valence-corrected chi connectivity index (χ2v) is 9.10. The Bertz CT molecular complexity index is 640. The van der Waals surface area contributed by atoms with Crippen molar-refractivity contribution in [3.05, 3.63) is 18.3 Å². The molecule has 2 fully saturated rings. The van der Waals surface area contributed by atoms with Gasteiger partial charge < -0.3 is 14.2 Å². The number of rotatable bonds is 2. The fourth-order valence-corrected chi connectivity index (χ4v) is 5.37. The van der Waals surface area contributed by atoms with Crippen molar-refractivity contribution in [3.63, 3.8) is 0 Å². The van der Waals surface area contributed by atoms with Gasteiger partial charge in [-0.05, 0) is 24.8 Å². The monoisotopic (exact) mass is 351 g/mol. The molecule has 1 saturated heterocycles. The highest BCUT2D eigenvalue weighted by Gasteiger charge is 2.44. The normalized spacial score (nSPS) is 30.7. The van der Waals surface area contributed by atoms with Crippen molar-refractivity contribution >= 4 is 10.4 Å².